The number of aliphatic hydroxyl groups excluding tert-OH is 2. The summed E-state index contributed by atoms with van der Waals surface area (Å²) in [6.45, 7) is 2.34. The number of H-pyrrole nitrogens is 1. The zero-order valence-electron chi connectivity index (χ0n) is 8.60. The van der Waals surface area contributed by atoms with Crippen LogP contribution in [0.1, 0.15) is 5.69 Å². The molecule has 0 aromatic carbocycles. The highest BCUT2D eigenvalue weighted by Gasteiger charge is 2.07. The number of anilines is 1. The van der Waals surface area contributed by atoms with Crippen molar-refractivity contribution in [1.82, 2.24) is 9.97 Å². The Morgan fingerprint density at radius 1 is 1.40 bits per heavy atom. The third kappa shape index (κ3) is 3.34. The molecule has 6 nitrogen and oxygen atoms in total. The topological polar surface area (TPSA) is 89.4 Å². The van der Waals surface area contributed by atoms with E-state index >= 15 is 0 Å². The van der Waals surface area contributed by atoms with Crippen molar-refractivity contribution in [2.75, 3.05) is 31.2 Å². The molecule has 1 aromatic heterocycles. The lowest BCUT2D eigenvalue weighted by molar-refractivity contribution is 0.280. The average molecular weight is 213 g/mol. The minimum Gasteiger partial charge on any atom is -0.395 e. The molecule has 0 radical (unpaired) electrons. The molecule has 84 valence electrons. The largest absolute Gasteiger partial charge is 0.395 e. The second-order valence-electron chi connectivity index (χ2n) is 3.16. The fourth-order valence-electron chi connectivity index (χ4n) is 1.31. The second kappa shape index (κ2) is 5.47. The van der Waals surface area contributed by atoms with Crippen LogP contribution < -0.4 is 10.6 Å². The van der Waals surface area contributed by atoms with E-state index in [4.69, 9.17) is 10.2 Å². The predicted molar refractivity (Wildman–Crippen MR) is 56.0 cm³/mol. The van der Waals surface area contributed by atoms with Crippen molar-refractivity contribution in [1.29, 1.82) is 0 Å². The fraction of sp³-hybridized carbons (Fsp3) is 0.556. The molecule has 0 fully saturated rings. The molecule has 1 aromatic rings. The van der Waals surface area contributed by atoms with Crippen LogP contribution >= 0.6 is 0 Å². The lowest BCUT2D eigenvalue weighted by Crippen LogP contribution is -2.32. The SMILES string of the molecule is Cc1cc(N(CCO)CCO)nc(=O)[nH]1. The lowest BCUT2D eigenvalue weighted by atomic mass is 10.4. The minimum atomic E-state index is -0.425. The molecular weight excluding hydrogens is 198 g/mol. The summed E-state index contributed by atoms with van der Waals surface area (Å²) in [5.41, 5.74) is 0.275. The first-order valence-corrected chi connectivity index (χ1v) is 4.72. The maximum atomic E-state index is 11.1. The van der Waals surface area contributed by atoms with Gasteiger partial charge in [-0.05, 0) is 13.0 Å². The summed E-state index contributed by atoms with van der Waals surface area (Å²) in [4.78, 5) is 19.1. The van der Waals surface area contributed by atoms with Crippen LogP contribution in [0.25, 0.3) is 0 Å². The van der Waals surface area contributed by atoms with E-state index in [1.807, 2.05) is 0 Å². The number of aryl methyl sites for hydroxylation is 1. The number of hydrogen-bond acceptors (Lipinski definition) is 5. The van der Waals surface area contributed by atoms with Gasteiger partial charge in [-0.2, -0.15) is 4.98 Å². The van der Waals surface area contributed by atoms with Crippen LogP contribution in [0, 0.1) is 6.92 Å². The minimum absolute atomic E-state index is 0.0481. The molecule has 0 saturated carbocycles. The van der Waals surface area contributed by atoms with E-state index in [0.717, 1.165) is 0 Å². The average Bonchev–Trinajstić information content (AvgIpc) is 2.16. The first kappa shape index (κ1) is 11.7. The van der Waals surface area contributed by atoms with Crippen LogP contribution in [0.15, 0.2) is 10.9 Å². The van der Waals surface area contributed by atoms with E-state index in [9.17, 15) is 4.79 Å². The first-order chi connectivity index (χ1) is 7.17. The molecule has 0 aliphatic rings. The van der Waals surface area contributed by atoms with Gasteiger partial charge in [0.2, 0.25) is 0 Å². The number of aliphatic hydroxyl groups is 2. The van der Waals surface area contributed by atoms with Crippen molar-refractivity contribution < 1.29 is 10.2 Å². The van der Waals surface area contributed by atoms with Crippen molar-refractivity contribution in [2.24, 2.45) is 0 Å². The zero-order chi connectivity index (χ0) is 11.3. The van der Waals surface area contributed by atoms with E-state index in [2.05, 4.69) is 9.97 Å². The van der Waals surface area contributed by atoms with Crippen LogP contribution in [-0.2, 0) is 0 Å². The van der Waals surface area contributed by atoms with Gasteiger partial charge in [-0.25, -0.2) is 4.79 Å². The van der Waals surface area contributed by atoms with Gasteiger partial charge < -0.3 is 20.1 Å². The molecule has 0 amide bonds. The summed E-state index contributed by atoms with van der Waals surface area (Å²) in [6, 6.07) is 1.70. The Balaban J connectivity index is 2.93. The highest BCUT2D eigenvalue weighted by molar-refractivity contribution is 5.38. The second-order valence-corrected chi connectivity index (χ2v) is 3.16. The lowest BCUT2D eigenvalue weighted by Gasteiger charge is -2.21. The molecule has 1 heterocycles. The molecule has 0 spiro atoms. The third-order valence-electron chi connectivity index (χ3n) is 1.93. The Morgan fingerprint density at radius 2 is 2.00 bits per heavy atom. The van der Waals surface area contributed by atoms with E-state index in [0.29, 0.717) is 24.6 Å². The quantitative estimate of drug-likeness (QED) is 0.576. The molecule has 0 saturated heterocycles. The summed E-state index contributed by atoms with van der Waals surface area (Å²) in [6.07, 6.45) is 0. The van der Waals surface area contributed by atoms with Crippen LogP contribution in [0.3, 0.4) is 0 Å². The van der Waals surface area contributed by atoms with Gasteiger partial charge in [0.05, 0.1) is 13.2 Å². The Bertz CT molecular complexity index is 358. The van der Waals surface area contributed by atoms with E-state index < -0.39 is 5.69 Å². The van der Waals surface area contributed by atoms with Crippen LogP contribution in [0.5, 0.6) is 0 Å². The number of rotatable bonds is 5. The van der Waals surface area contributed by atoms with Gasteiger partial charge in [0, 0.05) is 18.8 Å². The van der Waals surface area contributed by atoms with Gasteiger partial charge >= 0.3 is 5.69 Å². The summed E-state index contributed by atoms with van der Waals surface area (Å²) < 4.78 is 0. The fourth-order valence-corrected chi connectivity index (χ4v) is 1.31. The first-order valence-electron chi connectivity index (χ1n) is 4.72. The Kier molecular flexibility index (Phi) is 4.26. The smallest absolute Gasteiger partial charge is 0.347 e. The van der Waals surface area contributed by atoms with E-state index in [1.54, 1.807) is 17.9 Å². The van der Waals surface area contributed by atoms with Gasteiger partial charge in [-0.3, -0.25) is 0 Å². The molecule has 0 unspecified atom stereocenters. The molecule has 15 heavy (non-hydrogen) atoms. The number of nitrogens with zero attached hydrogens (tertiary/aromatic N) is 2. The summed E-state index contributed by atoms with van der Waals surface area (Å²) >= 11 is 0. The van der Waals surface area contributed by atoms with Gasteiger partial charge in [-0.1, -0.05) is 0 Å². The maximum absolute atomic E-state index is 11.1. The van der Waals surface area contributed by atoms with Crippen LogP contribution in [0.4, 0.5) is 5.82 Å². The monoisotopic (exact) mass is 213 g/mol. The summed E-state index contributed by atoms with van der Waals surface area (Å²) in [5, 5.41) is 17.7. The standard InChI is InChI=1S/C9H15N3O3/c1-7-6-8(11-9(15)10-7)12(2-4-13)3-5-14/h6,13-14H,2-5H2,1H3,(H,10,11,15). The molecule has 6 heteroatoms. The highest BCUT2D eigenvalue weighted by Crippen LogP contribution is 2.07. The molecular formula is C9H15N3O3. The van der Waals surface area contributed by atoms with Crippen molar-refractivity contribution in [3.63, 3.8) is 0 Å². The number of hydrogen-bond donors (Lipinski definition) is 3. The normalized spacial score (nSPS) is 10.3. The van der Waals surface area contributed by atoms with Gasteiger partial charge in [-0.15, -0.1) is 0 Å². The summed E-state index contributed by atoms with van der Waals surface area (Å²) in [5.74, 6) is 0.472. The van der Waals surface area contributed by atoms with E-state index in [-0.39, 0.29) is 13.2 Å². The third-order valence-corrected chi connectivity index (χ3v) is 1.93. The molecule has 0 aliphatic carbocycles. The Labute approximate surface area is 87.2 Å². The number of nitrogens with one attached hydrogen (secondary N) is 1. The van der Waals surface area contributed by atoms with Crippen molar-refractivity contribution in [2.45, 2.75) is 6.92 Å². The van der Waals surface area contributed by atoms with Crippen molar-refractivity contribution >= 4 is 5.82 Å². The van der Waals surface area contributed by atoms with Crippen LogP contribution in [0.2, 0.25) is 0 Å². The molecule has 0 bridgehead atoms. The number of aromatic nitrogens is 2. The van der Waals surface area contributed by atoms with Gasteiger partial charge in [0.1, 0.15) is 5.82 Å². The molecule has 0 aliphatic heterocycles. The highest BCUT2D eigenvalue weighted by atomic mass is 16.3. The molecule has 0 atom stereocenters. The van der Waals surface area contributed by atoms with Gasteiger partial charge in [0.25, 0.3) is 0 Å². The van der Waals surface area contributed by atoms with Crippen molar-refractivity contribution in [3.8, 4) is 0 Å². The van der Waals surface area contributed by atoms with Crippen molar-refractivity contribution in [3.05, 3.63) is 22.2 Å². The Morgan fingerprint density at radius 3 is 2.47 bits per heavy atom. The number of aromatic amines is 1. The molecule has 3 N–H and O–H groups in total. The maximum Gasteiger partial charge on any atom is 0.347 e. The predicted octanol–water partition coefficient (Wildman–Crippen LogP) is -1.13. The van der Waals surface area contributed by atoms with Crippen LogP contribution in [-0.4, -0.2) is 46.5 Å². The zero-order valence-corrected chi connectivity index (χ0v) is 8.60. The van der Waals surface area contributed by atoms with Gasteiger partial charge in [0.15, 0.2) is 0 Å². The summed E-state index contributed by atoms with van der Waals surface area (Å²) in [7, 11) is 0. The molecule has 1 rings (SSSR count). The Hall–Kier alpha value is -1.40. The van der Waals surface area contributed by atoms with E-state index in [1.165, 1.54) is 0 Å².